The molecule has 0 spiro atoms. The number of hydrogen-bond donors (Lipinski definition) is 0. The normalized spacial score (nSPS) is 25.9. The summed E-state index contributed by atoms with van der Waals surface area (Å²) in [7, 11) is 0. The molecule has 3 fully saturated rings. The van der Waals surface area contributed by atoms with Crippen LogP contribution in [0.4, 0.5) is 0 Å². The molecule has 2 aliphatic heterocycles. The number of carbonyl (C=O) groups is 2. The van der Waals surface area contributed by atoms with Crippen molar-refractivity contribution in [1.82, 2.24) is 9.80 Å². The van der Waals surface area contributed by atoms with E-state index >= 15 is 0 Å². The molecule has 21 heavy (non-hydrogen) atoms. The Morgan fingerprint density at radius 3 is 1.19 bits per heavy atom. The van der Waals surface area contributed by atoms with E-state index in [9.17, 15) is 9.59 Å². The van der Waals surface area contributed by atoms with Crippen molar-refractivity contribution in [3.63, 3.8) is 0 Å². The van der Waals surface area contributed by atoms with E-state index < -0.39 is 5.41 Å². The molecule has 2 heterocycles. The SMILES string of the molecule is O=C(N1CCCCCC1)C1(C(=O)N2CCCCCC2)CC1. The van der Waals surface area contributed by atoms with Crippen molar-refractivity contribution in [2.75, 3.05) is 26.2 Å². The first-order valence-electron chi connectivity index (χ1n) is 8.83. The fourth-order valence-electron chi connectivity index (χ4n) is 3.80. The molecule has 4 nitrogen and oxygen atoms in total. The molecule has 0 radical (unpaired) electrons. The predicted octanol–water partition coefficient (Wildman–Crippen LogP) is 2.57. The molecular weight excluding hydrogens is 264 g/mol. The zero-order valence-corrected chi connectivity index (χ0v) is 13.1. The smallest absolute Gasteiger partial charge is 0.238 e. The highest BCUT2D eigenvalue weighted by atomic mass is 16.2. The lowest BCUT2D eigenvalue weighted by Gasteiger charge is -2.29. The first kappa shape index (κ1) is 14.9. The summed E-state index contributed by atoms with van der Waals surface area (Å²) in [6.07, 6.45) is 10.8. The number of carbonyl (C=O) groups excluding carboxylic acids is 2. The molecule has 0 aromatic carbocycles. The van der Waals surface area contributed by atoms with Crippen LogP contribution in [0, 0.1) is 5.41 Å². The maximum atomic E-state index is 12.9. The van der Waals surface area contributed by atoms with Crippen molar-refractivity contribution < 1.29 is 9.59 Å². The van der Waals surface area contributed by atoms with Gasteiger partial charge in [0.2, 0.25) is 11.8 Å². The van der Waals surface area contributed by atoms with Gasteiger partial charge in [-0.2, -0.15) is 0 Å². The van der Waals surface area contributed by atoms with Crippen molar-refractivity contribution in [3.8, 4) is 0 Å². The second-order valence-electron chi connectivity index (χ2n) is 6.99. The lowest BCUT2D eigenvalue weighted by Crippen LogP contribution is -2.47. The third-order valence-electron chi connectivity index (χ3n) is 5.36. The minimum absolute atomic E-state index is 0.138. The Hall–Kier alpha value is -1.06. The van der Waals surface area contributed by atoms with E-state index in [0.29, 0.717) is 0 Å². The van der Waals surface area contributed by atoms with E-state index in [1.165, 1.54) is 25.7 Å². The van der Waals surface area contributed by atoms with Gasteiger partial charge in [-0.15, -0.1) is 0 Å². The Morgan fingerprint density at radius 1 is 0.571 bits per heavy atom. The highest BCUT2D eigenvalue weighted by Gasteiger charge is 2.59. The summed E-state index contributed by atoms with van der Waals surface area (Å²) in [4.78, 5) is 29.7. The van der Waals surface area contributed by atoms with Crippen LogP contribution in [0.3, 0.4) is 0 Å². The van der Waals surface area contributed by atoms with Gasteiger partial charge in [0, 0.05) is 26.2 Å². The van der Waals surface area contributed by atoms with Gasteiger partial charge in [0.1, 0.15) is 5.41 Å². The first-order chi connectivity index (χ1) is 10.2. The summed E-state index contributed by atoms with van der Waals surface area (Å²) in [6.45, 7) is 3.42. The summed E-state index contributed by atoms with van der Waals surface area (Å²) in [6, 6.07) is 0. The number of amides is 2. The highest BCUT2D eigenvalue weighted by Crippen LogP contribution is 2.49. The minimum Gasteiger partial charge on any atom is -0.342 e. The van der Waals surface area contributed by atoms with E-state index in [2.05, 4.69) is 0 Å². The summed E-state index contributed by atoms with van der Waals surface area (Å²) in [5, 5.41) is 0. The molecule has 1 saturated carbocycles. The monoisotopic (exact) mass is 292 g/mol. The van der Waals surface area contributed by atoms with Crippen molar-refractivity contribution in [3.05, 3.63) is 0 Å². The van der Waals surface area contributed by atoms with Gasteiger partial charge in [-0.1, -0.05) is 25.7 Å². The van der Waals surface area contributed by atoms with Crippen LogP contribution in [0.15, 0.2) is 0 Å². The molecule has 2 amide bonds. The van der Waals surface area contributed by atoms with Gasteiger partial charge < -0.3 is 9.80 Å². The van der Waals surface area contributed by atoms with Crippen molar-refractivity contribution in [1.29, 1.82) is 0 Å². The van der Waals surface area contributed by atoms with Gasteiger partial charge >= 0.3 is 0 Å². The Bertz CT molecular complexity index is 354. The average molecular weight is 292 g/mol. The van der Waals surface area contributed by atoms with Crippen LogP contribution in [-0.4, -0.2) is 47.8 Å². The molecule has 1 aliphatic carbocycles. The molecule has 3 rings (SSSR count). The molecule has 3 aliphatic rings. The van der Waals surface area contributed by atoms with Crippen LogP contribution in [-0.2, 0) is 9.59 Å². The number of rotatable bonds is 2. The predicted molar refractivity (Wildman–Crippen MR) is 81.8 cm³/mol. The van der Waals surface area contributed by atoms with Gasteiger partial charge in [-0.25, -0.2) is 0 Å². The summed E-state index contributed by atoms with van der Waals surface area (Å²) in [5.74, 6) is 0.275. The van der Waals surface area contributed by atoms with Crippen molar-refractivity contribution >= 4 is 11.8 Å². The molecule has 0 aromatic heterocycles. The van der Waals surface area contributed by atoms with E-state index in [-0.39, 0.29) is 11.8 Å². The standard InChI is InChI=1S/C17H28N2O2/c20-15(18-11-5-1-2-6-12-18)17(9-10-17)16(21)19-13-7-3-4-8-14-19/h1-14H2. The van der Waals surface area contributed by atoms with Gasteiger partial charge in [0.05, 0.1) is 0 Å². The fourth-order valence-corrected chi connectivity index (χ4v) is 3.80. The van der Waals surface area contributed by atoms with Crippen LogP contribution in [0.25, 0.3) is 0 Å². The maximum absolute atomic E-state index is 12.9. The van der Waals surface area contributed by atoms with E-state index in [1.54, 1.807) is 0 Å². The molecule has 2 saturated heterocycles. The molecule has 0 unspecified atom stereocenters. The highest BCUT2D eigenvalue weighted by molar-refractivity contribution is 6.07. The topological polar surface area (TPSA) is 40.6 Å². The maximum Gasteiger partial charge on any atom is 0.238 e. The van der Waals surface area contributed by atoms with Gasteiger partial charge in [0.25, 0.3) is 0 Å². The quantitative estimate of drug-likeness (QED) is 0.734. The minimum atomic E-state index is -0.658. The lowest BCUT2D eigenvalue weighted by molar-refractivity contribution is -0.149. The molecular formula is C17H28N2O2. The second kappa shape index (κ2) is 6.37. The van der Waals surface area contributed by atoms with Crippen LogP contribution in [0.1, 0.15) is 64.2 Å². The fraction of sp³-hybridized carbons (Fsp3) is 0.882. The largest absolute Gasteiger partial charge is 0.342 e. The Balaban J connectivity index is 1.67. The number of nitrogens with zero attached hydrogens (tertiary/aromatic N) is 2. The average Bonchev–Trinajstić information content (AvgIpc) is 3.32. The van der Waals surface area contributed by atoms with Crippen molar-refractivity contribution in [2.45, 2.75) is 64.2 Å². The molecule has 0 aromatic rings. The molecule has 0 N–H and O–H groups in total. The van der Waals surface area contributed by atoms with Gasteiger partial charge in [-0.05, 0) is 38.5 Å². The Morgan fingerprint density at radius 2 is 0.905 bits per heavy atom. The second-order valence-corrected chi connectivity index (χ2v) is 6.99. The number of likely N-dealkylation sites (tertiary alicyclic amines) is 2. The first-order valence-corrected chi connectivity index (χ1v) is 8.83. The van der Waals surface area contributed by atoms with Crippen LogP contribution >= 0.6 is 0 Å². The summed E-state index contributed by atoms with van der Waals surface area (Å²) < 4.78 is 0. The molecule has 0 atom stereocenters. The summed E-state index contributed by atoms with van der Waals surface area (Å²) in [5.41, 5.74) is -0.658. The molecule has 118 valence electrons. The third kappa shape index (κ3) is 3.09. The lowest BCUT2D eigenvalue weighted by atomic mass is 10.0. The zero-order chi connectivity index (χ0) is 14.7. The zero-order valence-electron chi connectivity index (χ0n) is 13.1. The summed E-state index contributed by atoms with van der Waals surface area (Å²) >= 11 is 0. The Kier molecular flexibility index (Phi) is 4.51. The Labute approximate surface area is 127 Å². The van der Waals surface area contributed by atoms with E-state index in [1.807, 2.05) is 9.80 Å². The van der Waals surface area contributed by atoms with Crippen LogP contribution < -0.4 is 0 Å². The number of hydrogen-bond acceptors (Lipinski definition) is 2. The molecule has 4 heteroatoms. The van der Waals surface area contributed by atoms with E-state index in [0.717, 1.165) is 64.7 Å². The molecule has 0 bridgehead atoms. The van der Waals surface area contributed by atoms with Gasteiger partial charge in [0.15, 0.2) is 0 Å². The third-order valence-corrected chi connectivity index (χ3v) is 5.36. The van der Waals surface area contributed by atoms with Crippen LogP contribution in [0.5, 0.6) is 0 Å². The van der Waals surface area contributed by atoms with Crippen molar-refractivity contribution in [2.24, 2.45) is 5.41 Å². The van der Waals surface area contributed by atoms with Crippen LogP contribution in [0.2, 0.25) is 0 Å². The van der Waals surface area contributed by atoms with Gasteiger partial charge in [-0.3, -0.25) is 9.59 Å². The van der Waals surface area contributed by atoms with E-state index in [4.69, 9.17) is 0 Å².